The summed E-state index contributed by atoms with van der Waals surface area (Å²) >= 11 is 0. The highest BCUT2D eigenvalue weighted by Gasteiger charge is 2.17. The summed E-state index contributed by atoms with van der Waals surface area (Å²) in [6.07, 6.45) is 8.40. The molecule has 1 aliphatic carbocycles. The lowest BCUT2D eigenvalue weighted by Gasteiger charge is -2.16. The van der Waals surface area contributed by atoms with Gasteiger partial charge in [-0.15, -0.1) is 0 Å². The van der Waals surface area contributed by atoms with Gasteiger partial charge in [-0.25, -0.2) is 14.8 Å². The van der Waals surface area contributed by atoms with E-state index in [9.17, 15) is 9.59 Å². The first-order chi connectivity index (χ1) is 13.7. The third-order valence-corrected chi connectivity index (χ3v) is 4.73. The maximum atomic E-state index is 12.5. The molecule has 0 unspecified atom stereocenters. The number of aromatic nitrogens is 2. The molecule has 1 aliphatic rings. The molecule has 1 aromatic carbocycles. The molecule has 7 nitrogen and oxygen atoms in total. The van der Waals surface area contributed by atoms with E-state index in [1.165, 1.54) is 12.8 Å². The zero-order valence-corrected chi connectivity index (χ0v) is 16.1. The Hall–Kier alpha value is -2.96. The molecule has 1 fully saturated rings. The lowest BCUT2D eigenvalue weighted by atomic mass is 10.1. The molecular weight excluding hydrogens is 356 g/mol. The van der Waals surface area contributed by atoms with Gasteiger partial charge in [0, 0.05) is 17.9 Å². The summed E-state index contributed by atoms with van der Waals surface area (Å²) in [4.78, 5) is 32.7. The van der Waals surface area contributed by atoms with Gasteiger partial charge in [-0.2, -0.15) is 0 Å². The second-order valence-electron chi connectivity index (χ2n) is 6.85. The predicted octanol–water partition coefficient (Wildman–Crippen LogP) is 3.85. The van der Waals surface area contributed by atoms with Gasteiger partial charge >= 0.3 is 5.97 Å². The van der Waals surface area contributed by atoms with E-state index in [1.54, 1.807) is 43.5 Å². The molecule has 7 heteroatoms. The summed E-state index contributed by atoms with van der Waals surface area (Å²) in [6.45, 7) is 2.10. The van der Waals surface area contributed by atoms with E-state index < -0.39 is 0 Å². The van der Waals surface area contributed by atoms with E-state index in [0.29, 0.717) is 23.8 Å². The molecule has 0 spiro atoms. The maximum Gasteiger partial charge on any atom is 0.338 e. The zero-order chi connectivity index (χ0) is 19.8. The lowest BCUT2D eigenvalue weighted by Crippen LogP contribution is -2.35. The van der Waals surface area contributed by atoms with Crippen LogP contribution in [0.5, 0.6) is 0 Å². The molecular formula is C21H26N4O3. The van der Waals surface area contributed by atoms with Gasteiger partial charge in [0.2, 0.25) is 5.95 Å². The molecule has 0 atom stereocenters. The highest BCUT2D eigenvalue weighted by molar-refractivity contribution is 5.92. The van der Waals surface area contributed by atoms with Gasteiger partial charge in [0.05, 0.1) is 12.2 Å². The standard InChI is InChI=1S/C21H26N4O3/c1-2-28-20(27)15-9-11-17(12-10-15)24-21-22-14-13-18(25-21)19(26)23-16-7-5-3-4-6-8-16/h9-14,16H,2-8H2,1H3,(H,23,26)(H,22,24,25). The largest absolute Gasteiger partial charge is 0.462 e. The van der Waals surface area contributed by atoms with Gasteiger partial charge in [0.15, 0.2) is 0 Å². The third kappa shape index (κ3) is 5.52. The molecule has 3 rings (SSSR count). The topological polar surface area (TPSA) is 93.2 Å². The van der Waals surface area contributed by atoms with Crippen LogP contribution in [0.3, 0.4) is 0 Å². The van der Waals surface area contributed by atoms with Crippen molar-refractivity contribution in [3.05, 3.63) is 47.8 Å². The Morgan fingerprint density at radius 3 is 2.46 bits per heavy atom. The monoisotopic (exact) mass is 382 g/mol. The Kier molecular flexibility index (Phi) is 6.94. The van der Waals surface area contributed by atoms with Crippen LogP contribution in [0.1, 0.15) is 66.3 Å². The SMILES string of the molecule is CCOC(=O)c1ccc(Nc2nccc(C(=O)NC3CCCCCC3)n2)cc1. The van der Waals surface area contributed by atoms with E-state index in [0.717, 1.165) is 31.4 Å². The van der Waals surface area contributed by atoms with Crippen molar-refractivity contribution in [3.63, 3.8) is 0 Å². The quantitative estimate of drug-likeness (QED) is 0.582. The number of rotatable bonds is 6. The van der Waals surface area contributed by atoms with Gasteiger partial charge in [-0.1, -0.05) is 25.7 Å². The van der Waals surface area contributed by atoms with E-state index in [4.69, 9.17) is 4.74 Å². The molecule has 0 bridgehead atoms. The number of benzene rings is 1. The number of amides is 1. The summed E-state index contributed by atoms with van der Waals surface area (Å²) in [7, 11) is 0. The van der Waals surface area contributed by atoms with Crippen LogP contribution in [0.15, 0.2) is 36.5 Å². The smallest absolute Gasteiger partial charge is 0.338 e. The third-order valence-electron chi connectivity index (χ3n) is 4.73. The molecule has 148 valence electrons. The van der Waals surface area contributed by atoms with E-state index >= 15 is 0 Å². The van der Waals surface area contributed by atoms with Crippen molar-refractivity contribution < 1.29 is 14.3 Å². The van der Waals surface area contributed by atoms with E-state index in [-0.39, 0.29) is 17.9 Å². The number of nitrogens with zero attached hydrogens (tertiary/aromatic N) is 2. The summed E-state index contributed by atoms with van der Waals surface area (Å²) in [6, 6.07) is 8.66. The molecule has 0 radical (unpaired) electrons. The van der Waals surface area contributed by atoms with Crippen LogP contribution in [0.2, 0.25) is 0 Å². The van der Waals surface area contributed by atoms with E-state index in [2.05, 4.69) is 20.6 Å². The van der Waals surface area contributed by atoms with Crippen molar-refractivity contribution in [2.75, 3.05) is 11.9 Å². The van der Waals surface area contributed by atoms with Crippen LogP contribution in [-0.4, -0.2) is 34.5 Å². The minimum Gasteiger partial charge on any atom is -0.462 e. The van der Waals surface area contributed by atoms with Crippen LogP contribution in [-0.2, 0) is 4.74 Å². The number of hydrogen-bond donors (Lipinski definition) is 2. The molecule has 0 aliphatic heterocycles. The van der Waals surface area contributed by atoms with E-state index in [1.807, 2.05) is 0 Å². The van der Waals surface area contributed by atoms with Crippen LogP contribution >= 0.6 is 0 Å². The second-order valence-corrected chi connectivity index (χ2v) is 6.85. The number of nitrogens with one attached hydrogen (secondary N) is 2. The first kappa shape index (κ1) is 19.8. The number of hydrogen-bond acceptors (Lipinski definition) is 6. The minimum absolute atomic E-state index is 0.171. The van der Waals surface area contributed by atoms with Crippen LogP contribution in [0.25, 0.3) is 0 Å². The number of anilines is 2. The Balaban J connectivity index is 1.62. The molecule has 0 saturated heterocycles. The molecule has 1 aromatic heterocycles. The predicted molar refractivity (Wildman–Crippen MR) is 107 cm³/mol. The van der Waals surface area contributed by atoms with Crippen molar-refractivity contribution in [1.82, 2.24) is 15.3 Å². The first-order valence-electron chi connectivity index (χ1n) is 9.84. The van der Waals surface area contributed by atoms with Crippen molar-refractivity contribution >= 4 is 23.5 Å². The molecule has 1 heterocycles. The van der Waals surface area contributed by atoms with Crippen LogP contribution in [0.4, 0.5) is 11.6 Å². The average molecular weight is 382 g/mol. The lowest BCUT2D eigenvalue weighted by molar-refractivity contribution is 0.0526. The fraction of sp³-hybridized carbons (Fsp3) is 0.429. The van der Waals surface area contributed by atoms with Gasteiger partial charge in [0.25, 0.3) is 5.91 Å². The highest BCUT2D eigenvalue weighted by Crippen LogP contribution is 2.18. The molecule has 28 heavy (non-hydrogen) atoms. The molecule has 2 N–H and O–H groups in total. The summed E-state index contributed by atoms with van der Waals surface area (Å²) in [5.74, 6) is -0.199. The summed E-state index contributed by atoms with van der Waals surface area (Å²) in [5, 5.41) is 6.15. The van der Waals surface area contributed by atoms with Crippen molar-refractivity contribution in [2.24, 2.45) is 0 Å². The summed E-state index contributed by atoms with van der Waals surface area (Å²) < 4.78 is 4.97. The van der Waals surface area contributed by atoms with Crippen molar-refractivity contribution in [3.8, 4) is 0 Å². The fourth-order valence-electron chi connectivity index (χ4n) is 3.26. The number of esters is 1. The normalized spacial score (nSPS) is 14.8. The van der Waals surface area contributed by atoms with Gasteiger partial charge < -0.3 is 15.4 Å². The first-order valence-corrected chi connectivity index (χ1v) is 9.84. The molecule has 1 amide bonds. The fourth-order valence-corrected chi connectivity index (χ4v) is 3.26. The Morgan fingerprint density at radius 1 is 1.07 bits per heavy atom. The van der Waals surface area contributed by atoms with Crippen molar-refractivity contribution in [1.29, 1.82) is 0 Å². The van der Waals surface area contributed by atoms with Crippen LogP contribution in [0, 0.1) is 0 Å². The number of carbonyl (C=O) groups is 2. The number of ether oxygens (including phenoxy) is 1. The van der Waals surface area contributed by atoms with Crippen LogP contribution < -0.4 is 10.6 Å². The van der Waals surface area contributed by atoms with Gasteiger partial charge in [-0.05, 0) is 50.1 Å². The maximum absolute atomic E-state index is 12.5. The highest BCUT2D eigenvalue weighted by atomic mass is 16.5. The van der Waals surface area contributed by atoms with Crippen molar-refractivity contribution in [2.45, 2.75) is 51.5 Å². The zero-order valence-electron chi connectivity index (χ0n) is 16.1. The summed E-state index contributed by atoms with van der Waals surface area (Å²) in [5.41, 5.74) is 1.53. The Labute approximate surface area is 164 Å². The average Bonchev–Trinajstić information content (AvgIpc) is 2.97. The Morgan fingerprint density at radius 2 is 1.79 bits per heavy atom. The molecule has 1 saturated carbocycles. The van der Waals surface area contributed by atoms with Gasteiger partial charge in [-0.3, -0.25) is 4.79 Å². The second kappa shape index (κ2) is 9.82. The Bertz CT molecular complexity index is 800. The van der Waals surface area contributed by atoms with Gasteiger partial charge in [0.1, 0.15) is 5.69 Å². The molecule has 2 aromatic rings. The minimum atomic E-state index is -0.359. The number of carbonyl (C=O) groups excluding carboxylic acids is 2.